The summed E-state index contributed by atoms with van der Waals surface area (Å²) in [5.74, 6) is -1.30. The van der Waals surface area contributed by atoms with Gasteiger partial charge < -0.3 is 21.3 Å². The van der Waals surface area contributed by atoms with Crippen molar-refractivity contribution in [1.29, 1.82) is 0 Å². The maximum absolute atomic E-state index is 14.2. The van der Waals surface area contributed by atoms with E-state index in [1.54, 1.807) is 43.3 Å². The Morgan fingerprint density at radius 1 is 0.743 bits per heavy atom. The van der Waals surface area contributed by atoms with Gasteiger partial charge in [0, 0.05) is 5.69 Å². The normalized spacial score (nSPS) is 11.4. The van der Waals surface area contributed by atoms with E-state index in [1.165, 1.54) is 24.3 Å². The molecule has 10 heteroatoms. The molecular weight excluding hydrogens is 452 g/mol. The molecule has 0 aliphatic heterocycles. The van der Waals surface area contributed by atoms with Crippen LogP contribution in [-0.4, -0.2) is 26.9 Å². The zero-order valence-electron chi connectivity index (χ0n) is 19.0. The molecule has 0 aliphatic rings. The second-order valence-electron chi connectivity index (χ2n) is 7.74. The van der Waals surface area contributed by atoms with Crippen LogP contribution in [0, 0.1) is 18.6 Å². The van der Waals surface area contributed by atoms with Gasteiger partial charge in [0.1, 0.15) is 17.7 Å². The molecule has 4 rings (SSSR count). The number of nitrogens with zero attached hydrogens (tertiary/aromatic N) is 3. The summed E-state index contributed by atoms with van der Waals surface area (Å²) in [6.45, 7) is 3.59. The zero-order valence-corrected chi connectivity index (χ0v) is 19.0. The van der Waals surface area contributed by atoms with Crippen LogP contribution in [0.4, 0.5) is 43.7 Å². The third-order valence-corrected chi connectivity index (χ3v) is 4.93. The van der Waals surface area contributed by atoms with Crippen molar-refractivity contribution in [1.82, 2.24) is 15.0 Å². The number of para-hydroxylation sites is 2. The molecule has 0 saturated heterocycles. The van der Waals surface area contributed by atoms with Gasteiger partial charge in [-0.15, -0.1) is 0 Å². The predicted octanol–water partition coefficient (Wildman–Crippen LogP) is 5.38. The van der Waals surface area contributed by atoms with Crippen LogP contribution in [0.15, 0.2) is 72.8 Å². The number of halogens is 2. The van der Waals surface area contributed by atoms with Gasteiger partial charge in [0.2, 0.25) is 23.8 Å². The van der Waals surface area contributed by atoms with Crippen LogP contribution in [0.3, 0.4) is 0 Å². The van der Waals surface area contributed by atoms with Crippen LogP contribution in [0.2, 0.25) is 0 Å². The molecular formula is C25H23F2N7O. The summed E-state index contributed by atoms with van der Waals surface area (Å²) >= 11 is 0. The molecule has 0 bridgehead atoms. The average Bonchev–Trinajstić information content (AvgIpc) is 2.83. The lowest BCUT2D eigenvalue weighted by atomic mass is 10.2. The van der Waals surface area contributed by atoms with Gasteiger partial charge in [-0.05, 0) is 50.2 Å². The number of nitrogens with one attached hydrogen (secondary N) is 4. The summed E-state index contributed by atoms with van der Waals surface area (Å²) in [6.07, 6.45) is 0. The fourth-order valence-corrected chi connectivity index (χ4v) is 3.06. The minimum absolute atomic E-state index is 0.00224. The van der Waals surface area contributed by atoms with E-state index in [2.05, 4.69) is 36.2 Å². The fourth-order valence-electron chi connectivity index (χ4n) is 3.06. The van der Waals surface area contributed by atoms with Gasteiger partial charge in [-0.3, -0.25) is 4.79 Å². The number of amides is 1. The van der Waals surface area contributed by atoms with Crippen LogP contribution in [0.25, 0.3) is 0 Å². The molecule has 0 aliphatic carbocycles. The Labute approximate surface area is 200 Å². The van der Waals surface area contributed by atoms with E-state index in [1.807, 2.05) is 19.1 Å². The van der Waals surface area contributed by atoms with E-state index in [0.717, 1.165) is 5.56 Å². The van der Waals surface area contributed by atoms with Crippen molar-refractivity contribution in [3.8, 4) is 0 Å². The number of hydrogen-bond acceptors (Lipinski definition) is 7. The number of aromatic nitrogens is 3. The van der Waals surface area contributed by atoms with Crippen LogP contribution >= 0.6 is 0 Å². The Kier molecular flexibility index (Phi) is 7.10. The summed E-state index contributed by atoms with van der Waals surface area (Å²) in [5.41, 5.74) is 2.01. The first-order valence-corrected chi connectivity index (χ1v) is 10.8. The van der Waals surface area contributed by atoms with Crippen molar-refractivity contribution in [2.45, 2.75) is 19.9 Å². The molecule has 8 nitrogen and oxygen atoms in total. The highest BCUT2D eigenvalue weighted by atomic mass is 19.1. The summed E-state index contributed by atoms with van der Waals surface area (Å²) < 4.78 is 28.3. The lowest BCUT2D eigenvalue weighted by Crippen LogP contribution is -2.32. The van der Waals surface area contributed by atoms with Gasteiger partial charge in [0.15, 0.2) is 0 Å². The highest BCUT2D eigenvalue weighted by molar-refractivity contribution is 5.96. The quantitative estimate of drug-likeness (QED) is 0.271. The average molecular weight is 476 g/mol. The van der Waals surface area contributed by atoms with Gasteiger partial charge in [-0.1, -0.05) is 42.0 Å². The topological polar surface area (TPSA) is 104 Å². The van der Waals surface area contributed by atoms with E-state index in [4.69, 9.17) is 0 Å². The number of hydrogen-bond donors (Lipinski definition) is 4. The third kappa shape index (κ3) is 6.26. The molecule has 0 spiro atoms. The number of carbonyl (C=O) groups excluding carboxylic acids is 1. The lowest BCUT2D eigenvalue weighted by Gasteiger charge is -2.16. The van der Waals surface area contributed by atoms with Gasteiger partial charge >= 0.3 is 0 Å². The predicted molar refractivity (Wildman–Crippen MR) is 132 cm³/mol. The smallest absolute Gasteiger partial charge is 0.246 e. The highest BCUT2D eigenvalue weighted by Gasteiger charge is 2.17. The maximum atomic E-state index is 14.2. The van der Waals surface area contributed by atoms with E-state index >= 15 is 0 Å². The van der Waals surface area contributed by atoms with Crippen molar-refractivity contribution >= 4 is 40.8 Å². The molecule has 4 aromatic rings. The van der Waals surface area contributed by atoms with Gasteiger partial charge in [0.25, 0.3) is 0 Å². The Hall–Kier alpha value is -4.60. The minimum Gasteiger partial charge on any atom is -0.342 e. The molecule has 1 amide bonds. The molecule has 35 heavy (non-hydrogen) atoms. The molecule has 0 fully saturated rings. The maximum Gasteiger partial charge on any atom is 0.246 e. The molecule has 4 N–H and O–H groups in total. The number of benzene rings is 3. The molecule has 1 aromatic heterocycles. The highest BCUT2D eigenvalue weighted by Crippen LogP contribution is 2.22. The number of carbonyl (C=O) groups is 1. The molecule has 3 aromatic carbocycles. The number of aryl methyl sites for hydroxylation is 1. The standard InChI is InChI=1S/C25H23F2N7O/c1-15-11-13-17(14-12-15)29-22(35)16(2)28-23-32-24(30-20-9-5-3-7-18(20)26)34-25(33-23)31-21-10-6-4-8-19(21)27/h3-14,16H,1-2H3,(H,29,35)(H3,28,30,31,32,33,34)/t16-/m0/s1. The Bertz CT molecular complexity index is 1270. The molecule has 178 valence electrons. The van der Waals surface area contributed by atoms with Crippen LogP contribution in [-0.2, 0) is 4.79 Å². The van der Waals surface area contributed by atoms with Crippen LogP contribution in [0.5, 0.6) is 0 Å². The monoisotopic (exact) mass is 475 g/mol. The first-order chi connectivity index (χ1) is 16.9. The minimum atomic E-state index is -0.735. The van der Waals surface area contributed by atoms with Crippen molar-refractivity contribution < 1.29 is 13.6 Å². The van der Waals surface area contributed by atoms with Crippen molar-refractivity contribution in [3.63, 3.8) is 0 Å². The SMILES string of the molecule is Cc1ccc(NC(=O)[C@H](C)Nc2nc(Nc3ccccc3F)nc(Nc3ccccc3F)n2)cc1. The van der Waals surface area contributed by atoms with Gasteiger partial charge in [-0.2, -0.15) is 15.0 Å². The van der Waals surface area contributed by atoms with Crippen LogP contribution < -0.4 is 21.3 Å². The number of anilines is 6. The van der Waals surface area contributed by atoms with E-state index in [0.29, 0.717) is 5.69 Å². The second-order valence-corrected chi connectivity index (χ2v) is 7.74. The first kappa shape index (κ1) is 23.6. The molecule has 0 unspecified atom stereocenters. The molecule has 1 heterocycles. The number of rotatable bonds is 8. The van der Waals surface area contributed by atoms with Crippen molar-refractivity contribution in [3.05, 3.63) is 90.0 Å². The largest absolute Gasteiger partial charge is 0.342 e. The Balaban J connectivity index is 1.57. The molecule has 0 radical (unpaired) electrons. The van der Waals surface area contributed by atoms with Crippen molar-refractivity contribution in [2.75, 3.05) is 21.3 Å². The molecule has 1 atom stereocenters. The fraction of sp³-hybridized carbons (Fsp3) is 0.120. The lowest BCUT2D eigenvalue weighted by molar-refractivity contribution is -0.116. The van der Waals surface area contributed by atoms with Gasteiger partial charge in [0.05, 0.1) is 11.4 Å². The first-order valence-electron chi connectivity index (χ1n) is 10.8. The molecule has 0 saturated carbocycles. The van der Waals surface area contributed by atoms with Crippen molar-refractivity contribution in [2.24, 2.45) is 0 Å². The van der Waals surface area contributed by atoms with Crippen LogP contribution in [0.1, 0.15) is 12.5 Å². The zero-order chi connectivity index (χ0) is 24.8. The van der Waals surface area contributed by atoms with E-state index in [9.17, 15) is 13.6 Å². The Morgan fingerprint density at radius 2 is 1.23 bits per heavy atom. The summed E-state index contributed by atoms with van der Waals surface area (Å²) in [5, 5.41) is 11.3. The van der Waals surface area contributed by atoms with Gasteiger partial charge in [-0.25, -0.2) is 8.78 Å². The van der Waals surface area contributed by atoms with E-state index in [-0.39, 0.29) is 35.1 Å². The van der Waals surface area contributed by atoms with E-state index < -0.39 is 17.7 Å². The Morgan fingerprint density at radius 3 is 1.74 bits per heavy atom. The summed E-state index contributed by atoms with van der Waals surface area (Å²) in [4.78, 5) is 25.4. The summed E-state index contributed by atoms with van der Waals surface area (Å²) in [6, 6.07) is 18.7. The summed E-state index contributed by atoms with van der Waals surface area (Å²) in [7, 11) is 0. The third-order valence-electron chi connectivity index (χ3n) is 4.93. The second kappa shape index (κ2) is 10.6.